The molecular formula is C11H22O. The van der Waals surface area contributed by atoms with E-state index in [4.69, 9.17) is 5.11 Å². The van der Waals surface area contributed by atoms with Crippen LogP contribution in [0.3, 0.4) is 0 Å². The summed E-state index contributed by atoms with van der Waals surface area (Å²) in [4.78, 5) is 0. The topological polar surface area (TPSA) is 20.2 Å². The Kier molecular flexibility index (Phi) is 15.2. The van der Waals surface area contributed by atoms with E-state index < -0.39 is 0 Å². The molecule has 0 bridgehead atoms. The van der Waals surface area contributed by atoms with Crippen LogP contribution in [0, 0.1) is 0 Å². The molecule has 0 aliphatic heterocycles. The van der Waals surface area contributed by atoms with Gasteiger partial charge in [-0.05, 0) is 33.6 Å². The van der Waals surface area contributed by atoms with Crippen LogP contribution < -0.4 is 0 Å². The standard InChI is InChI=1S/C7H14O.C4H8/c1-3-4-5-6-7(2)8;1-3-4-2/h4-5,7-8H,3,6H2,1-2H3;3-4H,1-2H3/b5-4+;4-3-. The zero-order chi connectivity index (χ0) is 9.82. The molecule has 1 atom stereocenters. The predicted octanol–water partition coefficient (Wildman–Crippen LogP) is 3.31. The maximum Gasteiger partial charge on any atom is 0.0546 e. The Hall–Kier alpha value is -0.560. The van der Waals surface area contributed by atoms with Crippen LogP contribution in [-0.4, -0.2) is 11.2 Å². The van der Waals surface area contributed by atoms with Gasteiger partial charge in [-0.25, -0.2) is 0 Å². The Bertz CT molecular complexity index is 108. The number of rotatable bonds is 3. The molecule has 0 saturated heterocycles. The Morgan fingerprint density at radius 1 is 1.17 bits per heavy atom. The van der Waals surface area contributed by atoms with Crippen LogP contribution in [0.2, 0.25) is 0 Å². The summed E-state index contributed by atoms with van der Waals surface area (Å²) in [6, 6.07) is 0. The third-order valence-electron chi connectivity index (χ3n) is 1.21. The molecule has 0 heterocycles. The summed E-state index contributed by atoms with van der Waals surface area (Å²) in [5.74, 6) is 0. The molecule has 0 spiro atoms. The summed E-state index contributed by atoms with van der Waals surface area (Å²) >= 11 is 0. The molecule has 0 aromatic carbocycles. The maximum absolute atomic E-state index is 8.73. The van der Waals surface area contributed by atoms with Gasteiger partial charge in [-0.3, -0.25) is 0 Å². The molecule has 0 aliphatic rings. The molecule has 72 valence electrons. The van der Waals surface area contributed by atoms with E-state index in [1.165, 1.54) is 0 Å². The molecule has 0 aliphatic carbocycles. The zero-order valence-electron chi connectivity index (χ0n) is 8.75. The maximum atomic E-state index is 8.73. The van der Waals surface area contributed by atoms with E-state index in [2.05, 4.69) is 13.0 Å². The van der Waals surface area contributed by atoms with E-state index >= 15 is 0 Å². The first-order valence-corrected chi connectivity index (χ1v) is 4.59. The van der Waals surface area contributed by atoms with Gasteiger partial charge in [-0.2, -0.15) is 0 Å². The summed E-state index contributed by atoms with van der Waals surface area (Å²) in [7, 11) is 0. The first kappa shape index (κ1) is 14.0. The minimum absolute atomic E-state index is 0.183. The van der Waals surface area contributed by atoms with Gasteiger partial charge < -0.3 is 5.11 Å². The van der Waals surface area contributed by atoms with E-state index in [-0.39, 0.29) is 6.10 Å². The lowest BCUT2D eigenvalue weighted by Crippen LogP contribution is -1.94. The molecule has 0 saturated carbocycles. The molecule has 0 amide bonds. The lowest BCUT2D eigenvalue weighted by atomic mass is 10.2. The van der Waals surface area contributed by atoms with E-state index in [1.54, 1.807) is 6.92 Å². The van der Waals surface area contributed by atoms with Crippen molar-refractivity contribution >= 4 is 0 Å². The van der Waals surface area contributed by atoms with Gasteiger partial charge in [0.25, 0.3) is 0 Å². The van der Waals surface area contributed by atoms with Crippen molar-refractivity contribution in [3.63, 3.8) is 0 Å². The van der Waals surface area contributed by atoms with Crippen molar-refractivity contribution in [1.29, 1.82) is 0 Å². The summed E-state index contributed by atoms with van der Waals surface area (Å²) < 4.78 is 0. The minimum atomic E-state index is -0.183. The van der Waals surface area contributed by atoms with Gasteiger partial charge in [0.2, 0.25) is 0 Å². The average Bonchev–Trinajstić information content (AvgIpc) is 2.05. The van der Waals surface area contributed by atoms with E-state index in [1.807, 2.05) is 32.1 Å². The van der Waals surface area contributed by atoms with Crippen molar-refractivity contribution in [2.75, 3.05) is 0 Å². The molecule has 1 heteroatoms. The Morgan fingerprint density at radius 2 is 1.67 bits per heavy atom. The lowest BCUT2D eigenvalue weighted by molar-refractivity contribution is 0.198. The first-order valence-electron chi connectivity index (χ1n) is 4.59. The molecular weight excluding hydrogens is 148 g/mol. The molecule has 1 unspecified atom stereocenters. The summed E-state index contributed by atoms with van der Waals surface area (Å²) in [5, 5.41) is 8.73. The quantitative estimate of drug-likeness (QED) is 0.644. The molecule has 1 nitrogen and oxygen atoms in total. The average molecular weight is 170 g/mol. The lowest BCUT2D eigenvalue weighted by Gasteiger charge is -1.94. The van der Waals surface area contributed by atoms with Gasteiger partial charge in [-0.15, -0.1) is 0 Å². The molecule has 0 rings (SSSR count). The highest BCUT2D eigenvalue weighted by atomic mass is 16.3. The summed E-state index contributed by atoms with van der Waals surface area (Å²) in [5.41, 5.74) is 0. The summed E-state index contributed by atoms with van der Waals surface area (Å²) in [6.45, 7) is 7.87. The van der Waals surface area contributed by atoms with Crippen molar-refractivity contribution in [1.82, 2.24) is 0 Å². The van der Waals surface area contributed by atoms with Gasteiger partial charge in [-0.1, -0.05) is 31.2 Å². The number of aliphatic hydroxyl groups excluding tert-OH is 1. The van der Waals surface area contributed by atoms with Crippen LogP contribution >= 0.6 is 0 Å². The monoisotopic (exact) mass is 170 g/mol. The van der Waals surface area contributed by atoms with Gasteiger partial charge in [0.05, 0.1) is 6.10 Å². The second-order valence-electron chi connectivity index (χ2n) is 2.63. The van der Waals surface area contributed by atoms with Gasteiger partial charge >= 0.3 is 0 Å². The third-order valence-corrected chi connectivity index (χ3v) is 1.21. The van der Waals surface area contributed by atoms with Crippen molar-refractivity contribution in [3.8, 4) is 0 Å². The Labute approximate surface area is 76.8 Å². The smallest absolute Gasteiger partial charge is 0.0546 e. The SMILES string of the molecule is C/C=C\C.CC/C=C/CC(C)O. The highest BCUT2D eigenvalue weighted by molar-refractivity contribution is 4.81. The van der Waals surface area contributed by atoms with Gasteiger partial charge in [0.15, 0.2) is 0 Å². The van der Waals surface area contributed by atoms with Gasteiger partial charge in [0, 0.05) is 0 Å². The van der Waals surface area contributed by atoms with E-state index in [0.29, 0.717) is 0 Å². The molecule has 0 radical (unpaired) electrons. The van der Waals surface area contributed by atoms with Gasteiger partial charge in [0.1, 0.15) is 0 Å². The van der Waals surface area contributed by atoms with Crippen molar-refractivity contribution in [2.45, 2.75) is 46.6 Å². The van der Waals surface area contributed by atoms with Crippen LogP contribution in [0.4, 0.5) is 0 Å². The molecule has 0 aromatic heterocycles. The van der Waals surface area contributed by atoms with Crippen molar-refractivity contribution in [2.24, 2.45) is 0 Å². The summed E-state index contributed by atoms with van der Waals surface area (Å²) in [6.07, 6.45) is 9.73. The molecule has 12 heavy (non-hydrogen) atoms. The second-order valence-corrected chi connectivity index (χ2v) is 2.63. The molecule has 1 N–H and O–H groups in total. The zero-order valence-corrected chi connectivity index (χ0v) is 8.75. The number of hydrogen-bond donors (Lipinski definition) is 1. The fourth-order valence-corrected chi connectivity index (χ4v) is 0.460. The second kappa shape index (κ2) is 13.1. The highest BCUT2D eigenvalue weighted by Gasteiger charge is 1.86. The predicted molar refractivity (Wildman–Crippen MR) is 56.2 cm³/mol. The fourth-order valence-electron chi connectivity index (χ4n) is 0.460. The van der Waals surface area contributed by atoms with Crippen LogP contribution in [0.15, 0.2) is 24.3 Å². The number of hydrogen-bond acceptors (Lipinski definition) is 1. The first-order chi connectivity index (χ1) is 5.68. The van der Waals surface area contributed by atoms with E-state index in [0.717, 1.165) is 12.8 Å². The fraction of sp³-hybridized carbons (Fsp3) is 0.636. The van der Waals surface area contributed by atoms with Crippen LogP contribution in [0.25, 0.3) is 0 Å². The van der Waals surface area contributed by atoms with Crippen LogP contribution in [0.5, 0.6) is 0 Å². The minimum Gasteiger partial charge on any atom is -0.393 e. The highest BCUT2D eigenvalue weighted by Crippen LogP contribution is 1.91. The third kappa shape index (κ3) is 22.7. The van der Waals surface area contributed by atoms with E-state index in [9.17, 15) is 0 Å². The number of allylic oxidation sites excluding steroid dienone is 3. The molecule has 0 fully saturated rings. The van der Waals surface area contributed by atoms with Crippen molar-refractivity contribution < 1.29 is 5.11 Å². The Balaban J connectivity index is 0. The van der Waals surface area contributed by atoms with Crippen LogP contribution in [-0.2, 0) is 0 Å². The normalized spacial score (nSPS) is 13.1. The largest absolute Gasteiger partial charge is 0.393 e. The Morgan fingerprint density at radius 3 is 1.92 bits per heavy atom. The van der Waals surface area contributed by atoms with Crippen molar-refractivity contribution in [3.05, 3.63) is 24.3 Å². The number of aliphatic hydroxyl groups is 1. The van der Waals surface area contributed by atoms with Crippen LogP contribution in [0.1, 0.15) is 40.5 Å². The molecule has 0 aromatic rings.